The average molecular weight is 424 g/mol. The number of anilines is 1. The van der Waals surface area contributed by atoms with Crippen molar-refractivity contribution in [2.45, 2.75) is 19.8 Å². The number of halogens is 2. The maximum Gasteiger partial charge on any atom is 0.337 e. The van der Waals surface area contributed by atoms with E-state index in [9.17, 15) is 14.7 Å². The van der Waals surface area contributed by atoms with Crippen LogP contribution >= 0.6 is 44.1 Å². The Kier molecular flexibility index (Phi) is 6.57. The van der Waals surface area contributed by atoms with E-state index in [-0.39, 0.29) is 16.6 Å². The molecule has 108 valence electrons. The number of amides is 1. The lowest BCUT2D eigenvalue weighted by atomic mass is 10.2. The van der Waals surface area contributed by atoms with Crippen LogP contribution in [0.3, 0.4) is 0 Å². The zero-order valence-corrected chi connectivity index (χ0v) is 14.5. The summed E-state index contributed by atoms with van der Waals surface area (Å²) in [5, 5.41) is 14.5. The number of hydrogen-bond donors (Lipinski definition) is 3. The van der Waals surface area contributed by atoms with Crippen LogP contribution in [0, 0.1) is 0 Å². The Bertz CT molecular complexity index is 564. The van der Waals surface area contributed by atoms with Crippen molar-refractivity contribution >= 4 is 66.8 Å². The summed E-state index contributed by atoms with van der Waals surface area (Å²) < 4.78 is 1.14. The quantitative estimate of drug-likeness (QED) is 0.645. The van der Waals surface area contributed by atoms with Crippen molar-refractivity contribution in [2.75, 3.05) is 5.32 Å². The van der Waals surface area contributed by atoms with Crippen molar-refractivity contribution in [3.8, 4) is 0 Å². The third-order valence-electron chi connectivity index (χ3n) is 2.25. The first-order valence-electron chi connectivity index (χ1n) is 5.68. The molecule has 0 atom stereocenters. The highest BCUT2D eigenvalue weighted by Gasteiger charge is 2.16. The van der Waals surface area contributed by atoms with E-state index < -0.39 is 5.97 Å². The van der Waals surface area contributed by atoms with E-state index in [4.69, 9.17) is 12.2 Å². The van der Waals surface area contributed by atoms with Gasteiger partial charge in [0, 0.05) is 15.4 Å². The molecule has 0 aliphatic rings. The predicted octanol–water partition coefficient (Wildman–Crippen LogP) is 3.52. The minimum absolute atomic E-state index is 0.0401. The predicted molar refractivity (Wildman–Crippen MR) is 88.1 cm³/mol. The number of rotatable bonds is 4. The van der Waals surface area contributed by atoms with Crippen molar-refractivity contribution in [1.82, 2.24) is 5.32 Å². The summed E-state index contributed by atoms with van der Waals surface area (Å²) in [6.07, 6.45) is 1.06. The molecule has 3 N–H and O–H groups in total. The van der Waals surface area contributed by atoms with Gasteiger partial charge in [-0.1, -0.05) is 22.9 Å². The second kappa shape index (κ2) is 7.70. The van der Waals surface area contributed by atoms with Crippen molar-refractivity contribution in [1.29, 1.82) is 0 Å². The molecule has 1 amide bonds. The summed E-state index contributed by atoms with van der Waals surface area (Å²) in [6, 6.07) is 3.14. The van der Waals surface area contributed by atoms with Gasteiger partial charge in [-0.3, -0.25) is 4.79 Å². The third-order valence-corrected chi connectivity index (χ3v) is 3.54. The number of benzene rings is 1. The average Bonchev–Trinajstić information content (AvgIpc) is 2.32. The monoisotopic (exact) mass is 422 g/mol. The Morgan fingerprint density at radius 3 is 2.55 bits per heavy atom. The molecule has 1 aromatic carbocycles. The van der Waals surface area contributed by atoms with Gasteiger partial charge in [-0.25, -0.2) is 4.79 Å². The van der Waals surface area contributed by atoms with Gasteiger partial charge in [-0.05, 0) is 46.7 Å². The van der Waals surface area contributed by atoms with E-state index in [2.05, 4.69) is 42.5 Å². The number of carbonyl (C=O) groups excluding carboxylic acids is 1. The summed E-state index contributed by atoms with van der Waals surface area (Å²) >= 11 is 11.5. The zero-order valence-electron chi connectivity index (χ0n) is 10.5. The summed E-state index contributed by atoms with van der Waals surface area (Å²) in [6.45, 7) is 1.88. The van der Waals surface area contributed by atoms with E-state index in [0.717, 1.165) is 0 Å². The summed E-state index contributed by atoms with van der Waals surface area (Å²) in [7, 11) is 0. The molecule has 5 nitrogen and oxygen atoms in total. The van der Waals surface area contributed by atoms with Gasteiger partial charge < -0.3 is 15.7 Å². The molecule has 0 aliphatic carbocycles. The van der Waals surface area contributed by atoms with Crippen LogP contribution in [0.25, 0.3) is 0 Å². The largest absolute Gasteiger partial charge is 0.478 e. The molecule has 0 unspecified atom stereocenters. The van der Waals surface area contributed by atoms with Gasteiger partial charge in [0.25, 0.3) is 0 Å². The molecule has 0 fully saturated rings. The Morgan fingerprint density at radius 1 is 1.35 bits per heavy atom. The number of hydrogen-bond acceptors (Lipinski definition) is 3. The second-order valence-corrected chi connectivity index (χ2v) is 6.05. The van der Waals surface area contributed by atoms with Gasteiger partial charge >= 0.3 is 5.97 Å². The van der Waals surface area contributed by atoms with Crippen molar-refractivity contribution in [3.63, 3.8) is 0 Å². The molecular weight excluding hydrogens is 412 g/mol. The molecule has 20 heavy (non-hydrogen) atoms. The SMILES string of the molecule is CCCC(=O)NC(=S)Nc1c(Br)cc(Br)cc1C(=O)O. The molecule has 0 aromatic heterocycles. The Morgan fingerprint density at radius 2 is 2.00 bits per heavy atom. The fraction of sp³-hybridized carbons (Fsp3) is 0.250. The molecule has 0 bridgehead atoms. The molecule has 0 saturated carbocycles. The highest BCUT2D eigenvalue weighted by atomic mass is 79.9. The zero-order chi connectivity index (χ0) is 15.3. The molecule has 0 spiro atoms. The Labute approximate surface area is 138 Å². The third kappa shape index (κ3) is 4.84. The van der Waals surface area contributed by atoms with Crippen LogP contribution < -0.4 is 10.6 Å². The molecule has 0 heterocycles. The number of nitrogens with one attached hydrogen (secondary N) is 2. The highest BCUT2D eigenvalue weighted by molar-refractivity contribution is 9.11. The molecular formula is C12H12Br2N2O3S. The fourth-order valence-corrected chi connectivity index (χ4v) is 2.97. The lowest BCUT2D eigenvalue weighted by molar-refractivity contribution is -0.119. The first-order valence-corrected chi connectivity index (χ1v) is 7.67. The summed E-state index contributed by atoms with van der Waals surface area (Å²) in [4.78, 5) is 22.6. The van der Waals surface area contributed by atoms with Gasteiger partial charge in [-0.15, -0.1) is 0 Å². The van der Waals surface area contributed by atoms with E-state index in [1.165, 1.54) is 6.07 Å². The van der Waals surface area contributed by atoms with Crippen LogP contribution in [0.2, 0.25) is 0 Å². The van der Waals surface area contributed by atoms with Crippen LogP contribution in [0.5, 0.6) is 0 Å². The summed E-state index contributed by atoms with van der Waals surface area (Å²) in [5.74, 6) is -1.31. The standard InChI is InChI=1S/C12H12Br2N2O3S/c1-2-3-9(17)15-12(20)16-10-7(11(18)19)4-6(13)5-8(10)14/h4-5H,2-3H2,1H3,(H,18,19)(H2,15,16,17,20). The lowest BCUT2D eigenvalue weighted by Crippen LogP contribution is -2.34. The van der Waals surface area contributed by atoms with Crippen LogP contribution in [0.15, 0.2) is 21.1 Å². The van der Waals surface area contributed by atoms with Gasteiger partial charge in [0.15, 0.2) is 5.11 Å². The van der Waals surface area contributed by atoms with Crippen LogP contribution in [0.4, 0.5) is 5.69 Å². The molecule has 0 saturated heterocycles. The van der Waals surface area contributed by atoms with Crippen LogP contribution in [-0.2, 0) is 4.79 Å². The normalized spacial score (nSPS) is 9.95. The molecule has 0 radical (unpaired) electrons. The Balaban J connectivity index is 2.94. The molecule has 1 rings (SSSR count). The second-order valence-electron chi connectivity index (χ2n) is 3.87. The maximum absolute atomic E-state index is 11.4. The van der Waals surface area contributed by atoms with Gasteiger partial charge in [0.2, 0.25) is 5.91 Å². The fourth-order valence-electron chi connectivity index (χ4n) is 1.43. The van der Waals surface area contributed by atoms with E-state index in [1.54, 1.807) is 6.07 Å². The van der Waals surface area contributed by atoms with Gasteiger partial charge in [-0.2, -0.15) is 0 Å². The van der Waals surface area contributed by atoms with Crippen molar-refractivity contribution in [3.05, 3.63) is 26.6 Å². The minimum atomic E-state index is -1.10. The van der Waals surface area contributed by atoms with Gasteiger partial charge in [0.1, 0.15) is 0 Å². The molecule has 1 aromatic rings. The topological polar surface area (TPSA) is 78.4 Å². The van der Waals surface area contributed by atoms with E-state index in [1.807, 2.05) is 6.92 Å². The first-order chi connectivity index (χ1) is 9.35. The summed E-state index contributed by atoms with van der Waals surface area (Å²) in [5.41, 5.74) is 0.334. The lowest BCUT2D eigenvalue weighted by Gasteiger charge is -2.13. The molecule has 8 heteroatoms. The van der Waals surface area contributed by atoms with Crippen LogP contribution in [-0.4, -0.2) is 22.1 Å². The number of carbonyl (C=O) groups is 2. The van der Waals surface area contributed by atoms with Crippen molar-refractivity contribution in [2.24, 2.45) is 0 Å². The smallest absolute Gasteiger partial charge is 0.337 e. The van der Waals surface area contributed by atoms with Crippen molar-refractivity contribution < 1.29 is 14.7 Å². The van der Waals surface area contributed by atoms with Crippen LogP contribution in [0.1, 0.15) is 30.1 Å². The maximum atomic E-state index is 11.4. The number of thiocarbonyl (C=S) groups is 1. The van der Waals surface area contributed by atoms with Gasteiger partial charge in [0.05, 0.1) is 11.3 Å². The number of carboxylic acid groups (broad SMARTS) is 1. The number of carboxylic acids is 1. The Hall–Kier alpha value is -0.990. The van der Waals surface area contributed by atoms with E-state index >= 15 is 0 Å². The van der Waals surface area contributed by atoms with E-state index in [0.29, 0.717) is 27.5 Å². The molecule has 0 aliphatic heterocycles. The minimum Gasteiger partial charge on any atom is -0.478 e. The first kappa shape index (κ1) is 17.1. The highest BCUT2D eigenvalue weighted by Crippen LogP contribution is 2.30. The number of aromatic carboxylic acids is 1.